The van der Waals surface area contributed by atoms with E-state index in [1.54, 1.807) is 0 Å². The average Bonchev–Trinajstić information content (AvgIpc) is 2.91. The summed E-state index contributed by atoms with van der Waals surface area (Å²) in [5.41, 5.74) is 3.14. The molecule has 1 fully saturated rings. The lowest BCUT2D eigenvalue weighted by Gasteiger charge is -2.30. The number of carbonyl (C=O) groups is 1. The molecule has 0 spiro atoms. The first-order valence-corrected chi connectivity index (χ1v) is 7.76. The molecule has 0 aliphatic heterocycles. The van der Waals surface area contributed by atoms with Crippen LogP contribution in [0.15, 0.2) is 0 Å². The van der Waals surface area contributed by atoms with Crippen LogP contribution in [-0.2, 0) is 18.3 Å². The Hall–Kier alpha value is -1.36. The van der Waals surface area contributed by atoms with Crippen LogP contribution in [0.3, 0.4) is 0 Å². The SMILES string of the molecule is Cc1nn(C)c(C)c1CCC(=O)NC1CCCC1(C)CO. The van der Waals surface area contributed by atoms with E-state index in [1.807, 2.05) is 25.6 Å². The van der Waals surface area contributed by atoms with E-state index in [1.165, 1.54) is 5.56 Å². The molecule has 5 nitrogen and oxygen atoms in total. The van der Waals surface area contributed by atoms with Crippen LogP contribution in [0, 0.1) is 19.3 Å². The third-order valence-corrected chi connectivity index (χ3v) is 5.04. The molecule has 1 aromatic rings. The number of aromatic nitrogens is 2. The molecular weight excluding hydrogens is 266 g/mol. The second-order valence-electron chi connectivity index (χ2n) is 6.60. The Labute approximate surface area is 126 Å². The largest absolute Gasteiger partial charge is 0.396 e. The summed E-state index contributed by atoms with van der Waals surface area (Å²) >= 11 is 0. The molecule has 1 aliphatic carbocycles. The van der Waals surface area contributed by atoms with Gasteiger partial charge in [-0.15, -0.1) is 0 Å². The van der Waals surface area contributed by atoms with Crippen molar-refractivity contribution >= 4 is 5.91 Å². The summed E-state index contributed by atoms with van der Waals surface area (Å²) in [7, 11) is 1.93. The highest BCUT2D eigenvalue weighted by Crippen LogP contribution is 2.37. The van der Waals surface area contributed by atoms with Gasteiger partial charge in [-0.1, -0.05) is 13.3 Å². The van der Waals surface area contributed by atoms with Gasteiger partial charge in [0.05, 0.1) is 12.3 Å². The molecule has 21 heavy (non-hydrogen) atoms. The molecule has 0 bridgehead atoms. The fourth-order valence-electron chi connectivity index (χ4n) is 3.35. The third kappa shape index (κ3) is 3.28. The Morgan fingerprint density at radius 1 is 1.52 bits per heavy atom. The number of hydrogen-bond donors (Lipinski definition) is 2. The number of nitrogens with one attached hydrogen (secondary N) is 1. The summed E-state index contributed by atoms with van der Waals surface area (Å²) in [5.74, 6) is 0.0734. The Balaban J connectivity index is 1.91. The van der Waals surface area contributed by atoms with Crippen molar-refractivity contribution < 1.29 is 9.90 Å². The number of aryl methyl sites for hydroxylation is 2. The summed E-state index contributed by atoms with van der Waals surface area (Å²) in [6.45, 7) is 6.21. The number of amides is 1. The van der Waals surface area contributed by atoms with Crippen molar-refractivity contribution in [1.82, 2.24) is 15.1 Å². The molecule has 2 rings (SSSR count). The van der Waals surface area contributed by atoms with Crippen molar-refractivity contribution in [3.63, 3.8) is 0 Å². The lowest BCUT2D eigenvalue weighted by atomic mass is 9.85. The number of hydrogen-bond acceptors (Lipinski definition) is 3. The number of aliphatic hydroxyl groups is 1. The van der Waals surface area contributed by atoms with Crippen LogP contribution in [0.4, 0.5) is 0 Å². The number of nitrogens with zero attached hydrogens (tertiary/aromatic N) is 2. The highest BCUT2D eigenvalue weighted by molar-refractivity contribution is 5.76. The average molecular weight is 293 g/mol. The van der Waals surface area contributed by atoms with Crippen LogP contribution in [0.2, 0.25) is 0 Å². The molecule has 1 aromatic heterocycles. The maximum Gasteiger partial charge on any atom is 0.220 e. The van der Waals surface area contributed by atoms with Gasteiger partial charge in [-0.05, 0) is 38.7 Å². The molecular formula is C16H27N3O2. The summed E-state index contributed by atoms with van der Waals surface area (Å²) in [4.78, 5) is 12.2. The van der Waals surface area contributed by atoms with Crippen LogP contribution in [0.5, 0.6) is 0 Å². The third-order valence-electron chi connectivity index (χ3n) is 5.04. The van der Waals surface area contributed by atoms with Gasteiger partial charge in [-0.2, -0.15) is 5.10 Å². The zero-order valence-electron chi connectivity index (χ0n) is 13.6. The monoisotopic (exact) mass is 293 g/mol. The molecule has 118 valence electrons. The summed E-state index contributed by atoms with van der Waals surface area (Å²) in [6.07, 6.45) is 4.22. The number of carbonyl (C=O) groups excluding carboxylic acids is 1. The van der Waals surface area contributed by atoms with Gasteiger partial charge in [0.2, 0.25) is 5.91 Å². The van der Waals surface area contributed by atoms with Crippen LogP contribution >= 0.6 is 0 Å². The van der Waals surface area contributed by atoms with Crippen molar-refractivity contribution in [3.8, 4) is 0 Å². The van der Waals surface area contributed by atoms with E-state index in [2.05, 4.69) is 17.3 Å². The number of aliphatic hydroxyl groups excluding tert-OH is 1. The quantitative estimate of drug-likeness (QED) is 0.867. The van der Waals surface area contributed by atoms with Crippen molar-refractivity contribution in [1.29, 1.82) is 0 Å². The summed E-state index contributed by atoms with van der Waals surface area (Å²) in [6, 6.07) is 0.103. The van der Waals surface area contributed by atoms with Crippen molar-refractivity contribution in [3.05, 3.63) is 17.0 Å². The van der Waals surface area contributed by atoms with Crippen molar-refractivity contribution in [2.75, 3.05) is 6.61 Å². The molecule has 1 saturated carbocycles. The standard InChI is InChI=1S/C16H27N3O2/c1-11-13(12(2)19(4)18-11)7-8-15(21)17-14-6-5-9-16(14,3)10-20/h14,20H,5-10H2,1-4H3,(H,17,21). The lowest BCUT2D eigenvalue weighted by molar-refractivity contribution is -0.122. The van der Waals surface area contributed by atoms with Crippen molar-refractivity contribution in [2.24, 2.45) is 12.5 Å². The first-order chi connectivity index (χ1) is 9.87. The molecule has 2 atom stereocenters. The Morgan fingerprint density at radius 2 is 2.24 bits per heavy atom. The lowest BCUT2D eigenvalue weighted by Crippen LogP contribution is -2.44. The minimum Gasteiger partial charge on any atom is -0.396 e. The van der Waals surface area contributed by atoms with E-state index in [-0.39, 0.29) is 24.0 Å². The number of rotatable bonds is 5. The zero-order chi connectivity index (χ0) is 15.6. The maximum absolute atomic E-state index is 12.2. The van der Waals surface area contributed by atoms with Gasteiger partial charge >= 0.3 is 0 Å². The van der Waals surface area contributed by atoms with E-state index in [0.717, 1.165) is 37.1 Å². The molecule has 2 N–H and O–H groups in total. The second kappa shape index (κ2) is 6.18. The van der Waals surface area contributed by atoms with E-state index >= 15 is 0 Å². The van der Waals surface area contributed by atoms with Gasteiger partial charge in [0, 0.05) is 30.6 Å². The maximum atomic E-state index is 12.2. The highest BCUT2D eigenvalue weighted by Gasteiger charge is 2.38. The van der Waals surface area contributed by atoms with Crippen LogP contribution < -0.4 is 5.32 Å². The minimum atomic E-state index is -0.157. The van der Waals surface area contributed by atoms with Gasteiger partial charge in [0.15, 0.2) is 0 Å². The predicted molar refractivity (Wildman–Crippen MR) is 82.0 cm³/mol. The first kappa shape index (κ1) is 16.0. The second-order valence-corrected chi connectivity index (χ2v) is 6.60. The first-order valence-electron chi connectivity index (χ1n) is 7.76. The zero-order valence-corrected chi connectivity index (χ0v) is 13.6. The molecule has 5 heteroatoms. The smallest absolute Gasteiger partial charge is 0.220 e. The summed E-state index contributed by atoms with van der Waals surface area (Å²) in [5, 5.41) is 17.0. The van der Waals surface area contributed by atoms with E-state index in [4.69, 9.17) is 0 Å². The molecule has 0 saturated heterocycles. The molecule has 0 aromatic carbocycles. The van der Waals surface area contributed by atoms with Crippen molar-refractivity contribution in [2.45, 2.75) is 58.9 Å². The normalized spacial score (nSPS) is 25.3. The van der Waals surface area contributed by atoms with E-state index in [9.17, 15) is 9.90 Å². The van der Waals surface area contributed by atoms with Gasteiger partial charge in [-0.3, -0.25) is 9.48 Å². The van der Waals surface area contributed by atoms with Gasteiger partial charge in [0.25, 0.3) is 0 Å². The topological polar surface area (TPSA) is 67.2 Å². The molecule has 0 radical (unpaired) electrons. The van der Waals surface area contributed by atoms with E-state index < -0.39 is 0 Å². The molecule has 1 aliphatic rings. The fourth-order valence-corrected chi connectivity index (χ4v) is 3.35. The molecule has 1 amide bonds. The predicted octanol–water partition coefficient (Wildman–Crippen LogP) is 1.64. The minimum absolute atomic E-state index is 0.0734. The van der Waals surface area contributed by atoms with Gasteiger partial charge in [-0.25, -0.2) is 0 Å². The Kier molecular flexibility index (Phi) is 4.71. The highest BCUT2D eigenvalue weighted by atomic mass is 16.3. The fraction of sp³-hybridized carbons (Fsp3) is 0.750. The molecule has 2 unspecified atom stereocenters. The van der Waals surface area contributed by atoms with Crippen LogP contribution in [-0.4, -0.2) is 33.4 Å². The van der Waals surface area contributed by atoms with Gasteiger partial charge < -0.3 is 10.4 Å². The molecule has 1 heterocycles. The summed E-state index contributed by atoms with van der Waals surface area (Å²) < 4.78 is 1.86. The Bertz CT molecular complexity index is 524. The van der Waals surface area contributed by atoms with E-state index in [0.29, 0.717) is 6.42 Å². The van der Waals surface area contributed by atoms with Gasteiger partial charge in [0.1, 0.15) is 0 Å². The van der Waals surface area contributed by atoms with Crippen LogP contribution in [0.25, 0.3) is 0 Å². The Morgan fingerprint density at radius 3 is 2.81 bits per heavy atom. The van der Waals surface area contributed by atoms with Crippen LogP contribution in [0.1, 0.15) is 49.6 Å².